The number of carbonyl (C=O) groups excluding carboxylic acids is 1. The summed E-state index contributed by atoms with van der Waals surface area (Å²) in [4.78, 5) is 25.9. The minimum atomic E-state index is -0.816. The Kier molecular flexibility index (Phi) is 6.62. The lowest BCUT2D eigenvalue weighted by atomic mass is 9.46. The van der Waals surface area contributed by atoms with E-state index in [0.29, 0.717) is 13.1 Å². The molecule has 3 heterocycles. The molecule has 0 aromatic carbocycles. The molecule has 0 radical (unpaired) electrons. The van der Waals surface area contributed by atoms with E-state index in [9.17, 15) is 4.79 Å². The highest BCUT2D eigenvalue weighted by molar-refractivity contribution is 5.89. The van der Waals surface area contributed by atoms with Crippen LogP contribution in [0.4, 0.5) is 5.95 Å². The van der Waals surface area contributed by atoms with Gasteiger partial charge in [-0.1, -0.05) is 13.8 Å². The number of aromatic nitrogens is 2. The monoisotopic (exact) mass is 417 g/mol. The molecular weight excluding hydrogens is 389 g/mol. The molecule has 1 saturated carbocycles. The Morgan fingerprint density at radius 3 is 2.44 bits per heavy atom. The predicted molar refractivity (Wildman–Crippen MR) is 108 cm³/mol. The second-order valence-corrected chi connectivity index (χ2v) is 7.96. The zero-order valence-electron chi connectivity index (χ0n) is 15.8. The maximum Gasteiger partial charge on any atom is 0.243 e. The number of amides is 1. The Morgan fingerprint density at radius 1 is 1.19 bits per heavy atom. The molecule has 0 spiro atoms. The number of rotatable bonds is 2. The molecular formula is C18H29Cl2N5O2. The summed E-state index contributed by atoms with van der Waals surface area (Å²) < 4.78 is 5.92. The SMILES string of the molecule is CC1(C)C2OCCCC2C1(N)C(=O)N1CCN(c2ncccn2)CC1.Cl.Cl. The molecule has 3 unspecified atom stereocenters. The summed E-state index contributed by atoms with van der Waals surface area (Å²) in [5.74, 6) is 0.943. The van der Waals surface area contributed by atoms with Crippen LogP contribution in [0.5, 0.6) is 0 Å². The van der Waals surface area contributed by atoms with E-state index in [2.05, 4.69) is 28.7 Å². The topological polar surface area (TPSA) is 84.6 Å². The van der Waals surface area contributed by atoms with Gasteiger partial charge in [0, 0.05) is 56.5 Å². The summed E-state index contributed by atoms with van der Waals surface area (Å²) in [6.07, 6.45) is 5.56. The van der Waals surface area contributed by atoms with Crippen LogP contribution in [0.15, 0.2) is 18.5 Å². The first-order valence-corrected chi connectivity index (χ1v) is 9.18. The van der Waals surface area contributed by atoms with Crippen LogP contribution in [0.2, 0.25) is 0 Å². The molecule has 3 atom stereocenters. The van der Waals surface area contributed by atoms with Crippen LogP contribution in [0, 0.1) is 11.3 Å². The molecule has 1 aromatic rings. The molecule has 9 heteroatoms. The summed E-state index contributed by atoms with van der Waals surface area (Å²) >= 11 is 0. The average molecular weight is 418 g/mol. The van der Waals surface area contributed by atoms with E-state index < -0.39 is 5.54 Å². The first-order valence-electron chi connectivity index (χ1n) is 9.18. The van der Waals surface area contributed by atoms with Crippen LogP contribution in [-0.2, 0) is 9.53 Å². The van der Waals surface area contributed by atoms with Crippen LogP contribution >= 0.6 is 24.8 Å². The highest BCUT2D eigenvalue weighted by Crippen LogP contribution is 2.58. The van der Waals surface area contributed by atoms with Crippen molar-refractivity contribution in [3.63, 3.8) is 0 Å². The lowest BCUT2D eigenvalue weighted by Crippen LogP contribution is -2.82. The number of ether oxygens (including phenoxy) is 1. The molecule has 3 aliphatic rings. The van der Waals surface area contributed by atoms with Gasteiger partial charge in [-0.2, -0.15) is 0 Å². The number of nitrogens with two attached hydrogens (primary N) is 1. The van der Waals surface area contributed by atoms with Crippen LogP contribution in [0.3, 0.4) is 0 Å². The van der Waals surface area contributed by atoms with E-state index in [4.69, 9.17) is 10.5 Å². The number of hydrogen-bond donors (Lipinski definition) is 1. The fourth-order valence-corrected chi connectivity index (χ4v) is 4.84. The van der Waals surface area contributed by atoms with E-state index in [1.165, 1.54) is 0 Å². The fraction of sp³-hybridized carbons (Fsp3) is 0.722. The largest absolute Gasteiger partial charge is 0.377 e. The smallest absolute Gasteiger partial charge is 0.243 e. The van der Waals surface area contributed by atoms with Crippen molar-refractivity contribution in [3.05, 3.63) is 18.5 Å². The van der Waals surface area contributed by atoms with Crippen LogP contribution in [0.25, 0.3) is 0 Å². The van der Waals surface area contributed by atoms with Gasteiger partial charge >= 0.3 is 0 Å². The van der Waals surface area contributed by atoms with Crippen molar-refractivity contribution in [2.45, 2.75) is 38.3 Å². The van der Waals surface area contributed by atoms with Crippen molar-refractivity contribution in [3.8, 4) is 0 Å². The third-order valence-electron chi connectivity index (χ3n) is 6.44. The van der Waals surface area contributed by atoms with E-state index in [0.717, 1.165) is 38.5 Å². The zero-order chi connectivity index (χ0) is 17.7. The molecule has 2 saturated heterocycles. The summed E-state index contributed by atoms with van der Waals surface area (Å²) in [5, 5.41) is 0. The number of halogens is 2. The second-order valence-electron chi connectivity index (χ2n) is 7.96. The van der Waals surface area contributed by atoms with E-state index in [-0.39, 0.29) is 48.2 Å². The van der Waals surface area contributed by atoms with Gasteiger partial charge in [-0.15, -0.1) is 24.8 Å². The lowest BCUT2D eigenvalue weighted by Gasteiger charge is -2.66. The van der Waals surface area contributed by atoms with E-state index in [1.54, 1.807) is 12.4 Å². The molecule has 1 amide bonds. The summed E-state index contributed by atoms with van der Waals surface area (Å²) in [5.41, 5.74) is 5.61. The van der Waals surface area contributed by atoms with Crippen LogP contribution < -0.4 is 10.6 Å². The Bertz CT molecular complexity index is 654. The predicted octanol–water partition coefficient (Wildman–Crippen LogP) is 1.50. The number of piperazine rings is 1. The number of hydrogen-bond acceptors (Lipinski definition) is 6. The second kappa shape index (κ2) is 8.07. The normalized spacial score (nSPS) is 31.7. The number of anilines is 1. The first kappa shape index (κ1) is 22.1. The van der Waals surface area contributed by atoms with Gasteiger partial charge in [0.1, 0.15) is 5.54 Å². The summed E-state index contributed by atoms with van der Waals surface area (Å²) in [7, 11) is 0. The molecule has 1 aliphatic carbocycles. The van der Waals surface area contributed by atoms with Gasteiger partial charge in [0.2, 0.25) is 11.9 Å². The van der Waals surface area contributed by atoms with Crippen molar-refractivity contribution in [1.82, 2.24) is 14.9 Å². The molecule has 2 N–H and O–H groups in total. The van der Waals surface area contributed by atoms with Gasteiger partial charge in [-0.3, -0.25) is 4.79 Å². The van der Waals surface area contributed by atoms with Gasteiger partial charge in [0.25, 0.3) is 0 Å². The molecule has 152 valence electrons. The molecule has 4 rings (SSSR count). The third-order valence-corrected chi connectivity index (χ3v) is 6.44. The quantitative estimate of drug-likeness (QED) is 0.784. The average Bonchev–Trinajstić information content (AvgIpc) is 2.67. The van der Waals surface area contributed by atoms with Gasteiger partial charge in [-0.05, 0) is 18.9 Å². The summed E-state index contributed by atoms with van der Waals surface area (Å²) in [6, 6.07) is 1.81. The molecule has 0 bridgehead atoms. The maximum atomic E-state index is 13.3. The molecule has 1 aromatic heterocycles. The Hall–Kier alpha value is -1.15. The number of fused-ring (bicyclic) bond motifs is 1. The van der Waals surface area contributed by atoms with Crippen LogP contribution in [0.1, 0.15) is 26.7 Å². The highest BCUT2D eigenvalue weighted by Gasteiger charge is 2.70. The highest BCUT2D eigenvalue weighted by atomic mass is 35.5. The summed E-state index contributed by atoms with van der Waals surface area (Å²) in [6.45, 7) is 7.71. The van der Waals surface area contributed by atoms with Crippen molar-refractivity contribution in [1.29, 1.82) is 0 Å². The standard InChI is InChI=1S/C18H27N5O2.2ClH/c1-17(2)14-13(5-3-12-25-14)18(17,19)15(24)22-8-10-23(11-9-22)16-20-6-4-7-21-16;;/h4,6-7,13-14H,3,5,8-12,19H2,1-2H3;2*1H. The Balaban J connectivity index is 0.00000131. The number of nitrogens with zero attached hydrogens (tertiary/aromatic N) is 4. The Morgan fingerprint density at radius 2 is 1.81 bits per heavy atom. The zero-order valence-corrected chi connectivity index (χ0v) is 17.5. The molecule has 2 aliphatic heterocycles. The van der Waals surface area contributed by atoms with E-state index >= 15 is 0 Å². The van der Waals surface area contributed by atoms with Crippen molar-refractivity contribution >= 4 is 36.7 Å². The molecule has 27 heavy (non-hydrogen) atoms. The van der Waals surface area contributed by atoms with Crippen LogP contribution in [-0.4, -0.2) is 65.2 Å². The van der Waals surface area contributed by atoms with E-state index in [1.807, 2.05) is 11.0 Å². The Labute approximate surface area is 172 Å². The van der Waals surface area contributed by atoms with Gasteiger partial charge in [0.05, 0.1) is 6.10 Å². The maximum absolute atomic E-state index is 13.3. The first-order chi connectivity index (χ1) is 12.0. The van der Waals surface area contributed by atoms with Gasteiger partial charge < -0.3 is 20.3 Å². The van der Waals surface area contributed by atoms with Gasteiger partial charge in [0.15, 0.2) is 0 Å². The van der Waals surface area contributed by atoms with Crippen molar-refractivity contribution in [2.75, 3.05) is 37.7 Å². The number of carbonyl (C=O) groups is 1. The lowest BCUT2D eigenvalue weighted by molar-refractivity contribution is -0.230. The minimum Gasteiger partial charge on any atom is -0.377 e. The van der Waals surface area contributed by atoms with Crippen molar-refractivity contribution < 1.29 is 9.53 Å². The minimum absolute atomic E-state index is 0. The van der Waals surface area contributed by atoms with Crippen molar-refractivity contribution in [2.24, 2.45) is 17.1 Å². The van der Waals surface area contributed by atoms with Gasteiger partial charge in [-0.25, -0.2) is 9.97 Å². The molecule has 7 nitrogen and oxygen atoms in total. The third kappa shape index (κ3) is 3.28. The fourth-order valence-electron chi connectivity index (χ4n) is 4.84. The molecule has 3 fully saturated rings.